The van der Waals surface area contributed by atoms with E-state index in [9.17, 15) is 18.3 Å². The van der Waals surface area contributed by atoms with E-state index in [-0.39, 0.29) is 23.0 Å². The van der Waals surface area contributed by atoms with E-state index < -0.39 is 17.8 Å². The van der Waals surface area contributed by atoms with Crippen LogP contribution >= 0.6 is 0 Å². The lowest BCUT2D eigenvalue weighted by Crippen LogP contribution is -3.00. The first-order valence-electron chi connectivity index (χ1n) is 11.5. The van der Waals surface area contributed by atoms with Crippen molar-refractivity contribution in [2.24, 2.45) is 11.8 Å². The molecule has 0 amide bonds. The monoisotopic (exact) mass is 532 g/mol. The molecule has 180 valence electrons. The smallest absolute Gasteiger partial charge is 0.416 e. The van der Waals surface area contributed by atoms with Gasteiger partial charge in [0.2, 0.25) is 0 Å². The van der Waals surface area contributed by atoms with Crippen molar-refractivity contribution in [2.45, 2.75) is 37.7 Å². The number of aliphatic hydroxyl groups excluding tert-OH is 1. The lowest BCUT2D eigenvalue weighted by atomic mass is 9.71. The van der Waals surface area contributed by atoms with Crippen LogP contribution in [0.3, 0.4) is 0 Å². The maximum Gasteiger partial charge on any atom is 0.416 e. The first-order valence-corrected chi connectivity index (χ1v) is 11.5. The van der Waals surface area contributed by atoms with Crippen molar-refractivity contribution in [1.29, 1.82) is 0 Å². The molecule has 3 aliphatic heterocycles. The van der Waals surface area contributed by atoms with Gasteiger partial charge in [-0.25, -0.2) is 0 Å². The van der Waals surface area contributed by atoms with E-state index in [4.69, 9.17) is 0 Å². The van der Waals surface area contributed by atoms with Crippen LogP contribution in [0.5, 0.6) is 0 Å². The van der Waals surface area contributed by atoms with Gasteiger partial charge in [-0.1, -0.05) is 36.4 Å². The summed E-state index contributed by atoms with van der Waals surface area (Å²) in [5, 5.41) is 12.6. The van der Waals surface area contributed by atoms with Crippen LogP contribution in [0.15, 0.2) is 73.4 Å². The maximum absolute atomic E-state index is 13.1. The number of piperidine rings is 3. The Bertz CT molecular complexity index is 1160. The molecule has 3 nitrogen and oxygen atoms in total. The number of aromatic nitrogens is 1. The van der Waals surface area contributed by atoms with Crippen LogP contribution in [0.25, 0.3) is 10.9 Å². The number of benzene rings is 2. The number of hydrogen-bond donors (Lipinski definition) is 1. The molecule has 1 unspecified atom stereocenters. The maximum atomic E-state index is 13.1. The van der Waals surface area contributed by atoms with Crippen molar-refractivity contribution in [1.82, 2.24) is 4.98 Å². The molecule has 3 fully saturated rings. The van der Waals surface area contributed by atoms with Crippen molar-refractivity contribution in [3.8, 4) is 0 Å². The Hall–Kier alpha value is -2.22. The fraction of sp³-hybridized carbons (Fsp3) is 0.370. The zero-order valence-corrected chi connectivity index (χ0v) is 20.3. The van der Waals surface area contributed by atoms with Crippen LogP contribution < -0.4 is 17.0 Å². The number of nitrogens with zero attached hydrogens (tertiary/aromatic N) is 2. The normalized spacial score (nSPS) is 27.2. The van der Waals surface area contributed by atoms with Gasteiger partial charge >= 0.3 is 6.18 Å². The van der Waals surface area contributed by atoms with Crippen molar-refractivity contribution >= 4 is 10.9 Å². The number of fused-ring (bicyclic) bond motifs is 4. The van der Waals surface area contributed by atoms with Crippen molar-refractivity contribution in [3.63, 3.8) is 0 Å². The van der Waals surface area contributed by atoms with E-state index in [0.717, 1.165) is 60.1 Å². The van der Waals surface area contributed by atoms with E-state index in [1.54, 1.807) is 18.3 Å². The van der Waals surface area contributed by atoms with Gasteiger partial charge in [0.15, 0.2) is 0 Å². The van der Waals surface area contributed by atoms with Crippen molar-refractivity contribution < 1.29 is 39.7 Å². The van der Waals surface area contributed by atoms with E-state index in [1.165, 1.54) is 0 Å². The van der Waals surface area contributed by atoms with Gasteiger partial charge in [0, 0.05) is 35.9 Å². The second-order valence-electron chi connectivity index (χ2n) is 9.59. The highest BCUT2D eigenvalue weighted by atomic mass is 79.9. The van der Waals surface area contributed by atoms with Crippen LogP contribution in [0.1, 0.15) is 35.6 Å². The van der Waals surface area contributed by atoms with E-state index in [1.807, 2.05) is 36.4 Å². The number of aliphatic hydroxyl groups is 1. The first-order chi connectivity index (χ1) is 15.8. The summed E-state index contributed by atoms with van der Waals surface area (Å²) in [5.41, 5.74) is 1.96. The number of alkyl halides is 3. The standard InChI is InChI=1S/C27H28F3N2O.BrH/c1-2-19-17-32(16-18-7-9-21(10-8-18)27(28,29)30)14-12-20(19)15-25(32)26(33)23-11-13-31-24-6-4-3-5-22(23)24;/h2-11,13,19-20,25-26,33H,1,12,14-17H2;1H/q+1;/p-1/t19-,20-,25-,26+,32?;/m0./s1. The summed E-state index contributed by atoms with van der Waals surface area (Å²) < 4.78 is 39.8. The topological polar surface area (TPSA) is 33.1 Å². The number of hydrogen-bond acceptors (Lipinski definition) is 2. The van der Waals surface area contributed by atoms with Gasteiger partial charge in [-0.2, -0.15) is 13.2 Å². The van der Waals surface area contributed by atoms with E-state index >= 15 is 0 Å². The SMILES string of the molecule is C=C[C@H]1C[N+]2(Cc3ccc(C(F)(F)F)cc3)CC[C@H]1C[C@H]2[C@H](O)c1ccnc2ccccc12.[Br-]. The molecule has 5 atom stereocenters. The molecule has 0 radical (unpaired) electrons. The molecule has 3 aromatic rings. The van der Waals surface area contributed by atoms with Crippen LogP contribution in [-0.4, -0.2) is 33.7 Å². The minimum absolute atomic E-state index is 0. The predicted octanol–water partition coefficient (Wildman–Crippen LogP) is 2.90. The fourth-order valence-electron chi connectivity index (χ4n) is 6.13. The van der Waals surface area contributed by atoms with Crippen LogP contribution in [0, 0.1) is 11.8 Å². The molecule has 4 heterocycles. The Morgan fingerprint density at radius 2 is 1.85 bits per heavy atom. The lowest BCUT2D eigenvalue weighted by Gasteiger charge is -2.58. The highest BCUT2D eigenvalue weighted by molar-refractivity contribution is 5.82. The predicted molar refractivity (Wildman–Crippen MR) is 122 cm³/mol. The fourth-order valence-corrected chi connectivity index (χ4v) is 6.13. The number of pyridine rings is 1. The Balaban J connectivity index is 0.00000274. The Kier molecular flexibility index (Phi) is 6.91. The minimum Gasteiger partial charge on any atom is -1.00 e. The lowest BCUT2D eigenvalue weighted by molar-refractivity contribution is -0.984. The van der Waals surface area contributed by atoms with Crippen LogP contribution in [0.4, 0.5) is 13.2 Å². The molecule has 1 N–H and O–H groups in total. The molecule has 7 heteroatoms. The van der Waals surface area contributed by atoms with Gasteiger partial charge in [-0.05, 0) is 35.7 Å². The van der Waals surface area contributed by atoms with Gasteiger partial charge < -0.3 is 26.6 Å². The number of para-hydroxylation sites is 1. The molecule has 34 heavy (non-hydrogen) atoms. The minimum atomic E-state index is -4.34. The molecule has 2 aromatic carbocycles. The molecule has 1 aromatic heterocycles. The van der Waals surface area contributed by atoms with Gasteiger partial charge in [-0.15, -0.1) is 6.58 Å². The summed E-state index contributed by atoms with van der Waals surface area (Å²) in [6.07, 6.45) is 0.648. The van der Waals surface area contributed by atoms with Gasteiger partial charge in [0.1, 0.15) is 18.7 Å². The molecular weight excluding hydrogens is 505 g/mol. The summed E-state index contributed by atoms with van der Waals surface area (Å²) in [7, 11) is 0. The molecule has 2 bridgehead atoms. The third-order valence-electron chi connectivity index (χ3n) is 7.82. The highest BCUT2D eigenvalue weighted by Gasteiger charge is 2.54. The molecular formula is C27H28BrF3N2O. The van der Waals surface area contributed by atoms with Gasteiger partial charge in [0.25, 0.3) is 0 Å². The van der Waals surface area contributed by atoms with Crippen molar-refractivity contribution in [3.05, 3.63) is 90.1 Å². The summed E-state index contributed by atoms with van der Waals surface area (Å²) >= 11 is 0. The number of rotatable bonds is 5. The number of halogens is 4. The molecule has 3 saturated heterocycles. The molecule has 6 rings (SSSR count). The van der Waals surface area contributed by atoms with Crippen LogP contribution in [0.2, 0.25) is 0 Å². The summed E-state index contributed by atoms with van der Waals surface area (Å²) in [4.78, 5) is 4.43. The summed E-state index contributed by atoms with van der Waals surface area (Å²) in [6.45, 7) is 6.39. The van der Waals surface area contributed by atoms with Crippen LogP contribution in [-0.2, 0) is 12.7 Å². The Labute approximate surface area is 208 Å². The molecule has 0 saturated carbocycles. The summed E-state index contributed by atoms with van der Waals surface area (Å²) in [5.74, 6) is 0.827. The highest BCUT2D eigenvalue weighted by Crippen LogP contribution is 2.48. The van der Waals surface area contributed by atoms with Gasteiger partial charge in [0.05, 0.1) is 24.2 Å². The third-order valence-corrected chi connectivity index (χ3v) is 7.82. The molecule has 3 aliphatic rings. The average molecular weight is 533 g/mol. The quantitative estimate of drug-likeness (QED) is 0.405. The Morgan fingerprint density at radius 3 is 2.56 bits per heavy atom. The zero-order valence-electron chi connectivity index (χ0n) is 18.8. The molecule has 0 aliphatic carbocycles. The van der Waals surface area contributed by atoms with Gasteiger partial charge in [-0.3, -0.25) is 4.98 Å². The zero-order chi connectivity index (χ0) is 23.2. The second-order valence-corrected chi connectivity index (χ2v) is 9.59. The first kappa shape index (κ1) is 24.9. The van der Waals surface area contributed by atoms with E-state index in [2.05, 4.69) is 11.6 Å². The third kappa shape index (κ3) is 4.41. The summed E-state index contributed by atoms with van der Waals surface area (Å²) in [6, 6.07) is 15.2. The number of quaternary nitrogens is 1. The average Bonchev–Trinajstić information content (AvgIpc) is 2.83. The van der Waals surface area contributed by atoms with E-state index in [0.29, 0.717) is 22.9 Å². The van der Waals surface area contributed by atoms with Crippen molar-refractivity contribution in [2.75, 3.05) is 13.1 Å². The Morgan fingerprint density at radius 1 is 1.12 bits per heavy atom. The second kappa shape index (κ2) is 9.44. The molecule has 0 spiro atoms. The largest absolute Gasteiger partial charge is 1.00 e.